The second kappa shape index (κ2) is 23.4. The molecule has 22 nitrogen and oxygen atoms in total. The van der Waals surface area contributed by atoms with Gasteiger partial charge in [0, 0.05) is 56.2 Å². The first kappa shape index (κ1) is 55.8. The van der Waals surface area contributed by atoms with Gasteiger partial charge in [0.15, 0.2) is 5.69 Å². The molecule has 0 aliphatic carbocycles. The van der Waals surface area contributed by atoms with Crippen molar-refractivity contribution in [3.05, 3.63) is 147 Å². The van der Waals surface area contributed by atoms with Crippen LogP contribution in [0.2, 0.25) is 0 Å². The van der Waals surface area contributed by atoms with Crippen LogP contribution in [0, 0.1) is 12.8 Å². The number of carbonyl (C=O) groups is 6. The third kappa shape index (κ3) is 11.4. The number of ether oxygens (including phenoxy) is 1. The number of esters is 1. The van der Waals surface area contributed by atoms with Gasteiger partial charge in [-0.3, -0.25) is 24.0 Å². The minimum Gasteiger partial charge on any atom is -0.508 e. The van der Waals surface area contributed by atoms with Crippen LogP contribution in [0.1, 0.15) is 111 Å². The summed E-state index contributed by atoms with van der Waals surface area (Å²) < 4.78 is 4.89. The molecule has 1 saturated heterocycles. The number of hydrogen-bond donors (Lipinski definition) is 7. The van der Waals surface area contributed by atoms with Crippen LogP contribution in [0.4, 0.5) is 0 Å². The standard InChI is InChI=1S/C54H46N12O10S6/c1-23-37(68)17-66-42(23)52-62-35(21-81-52)49-59-32(18-78-49)40-28(13-14-29(56-40)48-63-36(22-79-48)54(75)76-3)47-60-33(19-77-47)44(71)57-30(16-38(55)69)50-65-39(24(2)82-50)46(73)64-41(43(70)26-7-5-4-6-8-26)51-61-34(20-80-51)45(72)58-31(53(66)74)15-25-9-11-27(67)12-10-25/h4-14,18-23,30-31,37,41-43,67-68,70H,15-17H2,1-3H3,(H2,55,69)(H,57,71)(H,58,72)(H,64,73)/t23-,30-,31-,37-,41-,42-,43+/m0/s1. The number of thiazole rings is 6. The number of primary amides is 1. The van der Waals surface area contributed by atoms with Crippen molar-refractivity contribution in [3.8, 4) is 49.1 Å². The third-order valence-corrected chi connectivity index (χ3v) is 19.1. The van der Waals surface area contributed by atoms with E-state index in [0.717, 1.165) is 34.0 Å². The number of pyridine rings is 1. The number of nitrogens with two attached hydrogens (primary N) is 1. The number of nitrogens with one attached hydrogen (secondary N) is 3. The second-order valence-electron chi connectivity index (χ2n) is 19.1. The Hall–Kier alpha value is -8.09. The van der Waals surface area contributed by atoms with Gasteiger partial charge in [-0.05, 0) is 42.3 Å². The number of aromatic hydroxyl groups is 1. The summed E-state index contributed by atoms with van der Waals surface area (Å²) in [4.78, 5) is 119. The van der Waals surface area contributed by atoms with E-state index in [9.17, 15) is 39.3 Å². The molecule has 9 aromatic rings. The van der Waals surface area contributed by atoms with Gasteiger partial charge in [0.25, 0.3) is 17.7 Å². The molecule has 0 unspecified atom stereocenters. The average molecular weight is 1220 g/mol. The van der Waals surface area contributed by atoms with Crippen LogP contribution in [0.15, 0.2) is 93.6 Å². The molecule has 0 radical (unpaired) electrons. The zero-order valence-electron chi connectivity index (χ0n) is 43.2. The van der Waals surface area contributed by atoms with Crippen molar-refractivity contribution in [1.29, 1.82) is 0 Å². The Morgan fingerprint density at radius 3 is 2.10 bits per heavy atom. The number of aliphatic hydroxyl groups is 2. The van der Waals surface area contributed by atoms with Gasteiger partial charge in [0.05, 0.1) is 37.4 Å². The lowest BCUT2D eigenvalue weighted by Gasteiger charge is -2.29. The molecule has 2 aromatic carbocycles. The molecule has 9 heterocycles. The zero-order valence-corrected chi connectivity index (χ0v) is 48.1. The number of rotatable bonds is 8. The largest absolute Gasteiger partial charge is 0.508 e. The lowest BCUT2D eigenvalue weighted by atomic mass is 10.00. The zero-order chi connectivity index (χ0) is 57.5. The fourth-order valence-corrected chi connectivity index (χ4v) is 14.7. The van der Waals surface area contributed by atoms with E-state index in [4.69, 9.17) is 30.4 Å². The second-order valence-corrected chi connectivity index (χ2v) is 24.6. The molecule has 2 aliphatic heterocycles. The van der Waals surface area contributed by atoms with Gasteiger partial charge in [-0.2, -0.15) is 0 Å². The van der Waals surface area contributed by atoms with Crippen LogP contribution in [-0.2, 0) is 20.7 Å². The maximum atomic E-state index is 15.1. The van der Waals surface area contributed by atoms with Crippen LogP contribution in [0.25, 0.3) is 43.4 Å². The number of carbonyl (C=O) groups excluding carboxylic acids is 6. The lowest BCUT2D eigenvalue weighted by molar-refractivity contribution is -0.134. The van der Waals surface area contributed by atoms with E-state index in [0.29, 0.717) is 64.4 Å². The van der Waals surface area contributed by atoms with Crippen molar-refractivity contribution in [1.82, 2.24) is 55.7 Å². The topological polar surface area (TPSA) is 328 Å². The van der Waals surface area contributed by atoms with Crippen molar-refractivity contribution in [2.75, 3.05) is 13.7 Å². The maximum absolute atomic E-state index is 15.1. The summed E-state index contributed by atoms with van der Waals surface area (Å²) in [6.45, 7) is 3.37. The Balaban J connectivity index is 1.02. The average Bonchev–Trinajstić information content (AvgIpc) is 4.48. The summed E-state index contributed by atoms with van der Waals surface area (Å²) >= 11 is 6.92. The Labute approximate surface area is 489 Å². The Bertz CT molecular complexity index is 3910. The number of phenolic OH excluding ortho intramolecular Hbond substituents is 1. The van der Waals surface area contributed by atoms with Crippen molar-refractivity contribution >= 4 is 104 Å². The lowest BCUT2D eigenvalue weighted by Crippen LogP contribution is -2.50. The van der Waals surface area contributed by atoms with Gasteiger partial charge in [-0.15, -0.1) is 68.0 Å². The fourth-order valence-electron chi connectivity index (χ4n) is 9.39. The number of hydrogen-bond acceptors (Lipinski definition) is 23. The van der Waals surface area contributed by atoms with Gasteiger partial charge in [-0.1, -0.05) is 49.4 Å². The van der Waals surface area contributed by atoms with Crippen LogP contribution < -0.4 is 21.7 Å². The smallest absolute Gasteiger partial charge is 0.357 e. The van der Waals surface area contributed by atoms with Crippen LogP contribution in [0.3, 0.4) is 0 Å². The number of methoxy groups -OCH3 is 1. The number of aromatic nitrogens is 7. The first-order valence-electron chi connectivity index (χ1n) is 25.1. The van der Waals surface area contributed by atoms with Crippen molar-refractivity contribution in [2.24, 2.45) is 11.7 Å². The van der Waals surface area contributed by atoms with Crippen molar-refractivity contribution < 1.29 is 48.8 Å². The van der Waals surface area contributed by atoms with Gasteiger partial charge >= 0.3 is 5.97 Å². The number of amides is 5. The molecule has 8 N–H and O–H groups in total. The molecule has 0 saturated carbocycles. The van der Waals surface area contributed by atoms with Crippen LogP contribution in [0.5, 0.6) is 5.75 Å². The number of benzene rings is 2. The molecule has 7 aromatic heterocycles. The predicted molar refractivity (Wildman–Crippen MR) is 307 cm³/mol. The monoisotopic (exact) mass is 1210 g/mol. The van der Waals surface area contributed by atoms with E-state index in [1.165, 1.54) is 68.9 Å². The highest BCUT2D eigenvalue weighted by Gasteiger charge is 2.45. The molecule has 1 fully saturated rings. The highest BCUT2D eigenvalue weighted by atomic mass is 32.1. The molecule has 5 amide bonds. The van der Waals surface area contributed by atoms with Gasteiger partial charge in [-0.25, -0.2) is 39.7 Å². The SMILES string of the molecule is COC(=O)c1csc(-c2ccc3c(n2)-c2csc(n2)-c2csc(n2)[C@@H]2[C@@H](C)[C@@H](O)CN2C(=O)[C@H](Cc2ccc(O)cc2)NC(=O)c2csc(n2)[C@H]([C@H](O)c2ccccc2)NC(=O)c2nc(sc2C)[C@H](CC(N)=O)NC(=O)c2csc-3n2)n1. The molecule has 82 heavy (non-hydrogen) atoms. The van der Waals surface area contributed by atoms with E-state index >= 15 is 4.79 Å². The first-order valence-corrected chi connectivity index (χ1v) is 30.3. The Morgan fingerprint density at radius 1 is 0.695 bits per heavy atom. The number of aliphatic hydroxyl groups excluding tert-OH is 2. The normalized spacial score (nSPS) is 19.8. The minimum atomic E-state index is -1.41. The van der Waals surface area contributed by atoms with E-state index in [2.05, 4.69) is 30.9 Å². The Morgan fingerprint density at radius 2 is 1.34 bits per heavy atom. The highest BCUT2D eigenvalue weighted by molar-refractivity contribution is 7.15. The van der Waals surface area contributed by atoms with Gasteiger partial charge < -0.3 is 46.6 Å². The number of fused-ring (bicyclic) bond motifs is 16. The molecule has 0 spiro atoms. The molecular formula is C54H46N12O10S6. The summed E-state index contributed by atoms with van der Waals surface area (Å²) in [6, 6.07) is 13.8. The minimum absolute atomic E-state index is 0.00109. The Kier molecular flexibility index (Phi) is 15.9. The summed E-state index contributed by atoms with van der Waals surface area (Å²) in [5.41, 5.74) is 8.74. The maximum Gasteiger partial charge on any atom is 0.357 e. The third-order valence-electron chi connectivity index (χ3n) is 13.6. The number of nitrogens with zero attached hydrogens (tertiary/aromatic N) is 8. The van der Waals surface area contributed by atoms with Crippen molar-refractivity contribution in [2.45, 2.75) is 63.1 Å². The van der Waals surface area contributed by atoms with Crippen molar-refractivity contribution in [3.63, 3.8) is 0 Å². The first-order chi connectivity index (χ1) is 39.5. The number of phenols is 1. The molecule has 418 valence electrons. The molecule has 7 atom stereocenters. The summed E-state index contributed by atoms with van der Waals surface area (Å²) in [6.07, 6.45) is -2.80. The molecular weight excluding hydrogens is 1170 g/mol. The molecule has 10 bridgehead atoms. The van der Waals surface area contributed by atoms with E-state index in [1.807, 2.05) is 6.92 Å². The van der Waals surface area contributed by atoms with E-state index < -0.39 is 84.2 Å². The number of aryl methyl sites for hydroxylation is 1. The van der Waals surface area contributed by atoms with Crippen LogP contribution in [-0.4, -0.2) is 116 Å². The van der Waals surface area contributed by atoms with Gasteiger partial charge in [0.2, 0.25) is 11.8 Å². The summed E-state index contributed by atoms with van der Waals surface area (Å²) in [7, 11) is 1.26. The molecule has 11 rings (SSSR count). The van der Waals surface area contributed by atoms with E-state index in [1.54, 1.807) is 77.7 Å². The summed E-state index contributed by atoms with van der Waals surface area (Å²) in [5.74, 6) is -4.60. The quantitative estimate of drug-likeness (QED) is 0.0748. The fraction of sp³-hybridized carbons (Fsp3) is 0.241. The van der Waals surface area contributed by atoms with Crippen LogP contribution >= 0.6 is 68.0 Å². The highest BCUT2D eigenvalue weighted by Crippen LogP contribution is 2.43. The predicted octanol–water partition coefficient (Wildman–Crippen LogP) is 7.08. The summed E-state index contributed by atoms with van der Waals surface area (Å²) in [5, 5.41) is 52.3. The molecule has 28 heteroatoms. The van der Waals surface area contributed by atoms with Gasteiger partial charge in [0.1, 0.15) is 88.1 Å². The molecule has 2 aliphatic rings. The van der Waals surface area contributed by atoms with E-state index in [-0.39, 0.29) is 51.5 Å².